The number of nitrogens with one attached hydrogen (secondary N) is 2. The first-order valence-electron chi connectivity index (χ1n) is 3.96. The van der Waals surface area contributed by atoms with Crippen LogP contribution in [0.15, 0.2) is 5.38 Å². The van der Waals surface area contributed by atoms with Gasteiger partial charge in [0.15, 0.2) is 5.13 Å². The van der Waals surface area contributed by atoms with Gasteiger partial charge in [-0.1, -0.05) is 0 Å². The molecular formula is C7H11N3OS. The van der Waals surface area contributed by atoms with E-state index in [9.17, 15) is 0 Å². The molecule has 0 unspecified atom stereocenters. The summed E-state index contributed by atoms with van der Waals surface area (Å²) < 4.78 is 0. The summed E-state index contributed by atoms with van der Waals surface area (Å²) in [7, 11) is 0. The van der Waals surface area contributed by atoms with Crippen molar-refractivity contribution in [3.63, 3.8) is 0 Å². The van der Waals surface area contributed by atoms with Crippen LogP contribution in [0.5, 0.6) is 5.88 Å². The lowest BCUT2D eigenvalue weighted by Gasteiger charge is -2.08. The van der Waals surface area contributed by atoms with E-state index in [1.54, 1.807) is 5.38 Å². The second-order valence-electron chi connectivity index (χ2n) is 2.84. The molecular weight excluding hydrogens is 174 g/mol. The fourth-order valence-corrected chi connectivity index (χ4v) is 1.93. The van der Waals surface area contributed by atoms with Gasteiger partial charge < -0.3 is 15.7 Å². The van der Waals surface area contributed by atoms with Crippen LogP contribution in [0.1, 0.15) is 6.42 Å². The first kappa shape index (κ1) is 7.82. The number of hydrogen-bond acceptors (Lipinski definition) is 5. The Morgan fingerprint density at radius 2 is 2.67 bits per heavy atom. The monoisotopic (exact) mass is 185 g/mol. The average Bonchev–Trinajstić information content (AvgIpc) is 2.63. The highest BCUT2D eigenvalue weighted by atomic mass is 32.1. The Morgan fingerprint density at radius 1 is 1.75 bits per heavy atom. The molecule has 1 fully saturated rings. The normalized spacial score (nSPS) is 22.8. The average molecular weight is 185 g/mol. The van der Waals surface area contributed by atoms with Crippen molar-refractivity contribution in [3.8, 4) is 5.88 Å². The third-order valence-electron chi connectivity index (χ3n) is 1.88. The Balaban J connectivity index is 1.94. The lowest BCUT2D eigenvalue weighted by atomic mass is 10.3. The number of thiazole rings is 1. The number of rotatable bonds is 2. The summed E-state index contributed by atoms with van der Waals surface area (Å²) in [5.41, 5.74) is 0. The van der Waals surface area contributed by atoms with Gasteiger partial charge in [-0.25, -0.2) is 0 Å². The molecule has 5 heteroatoms. The predicted molar refractivity (Wildman–Crippen MR) is 48.7 cm³/mol. The zero-order valence-corrected chi connectivity index (χ0v) is 7.40. The van der Waals surface area contributed by atoms with E-state index < -0.39 is 0 Å². The van der Waals surface area contributed by atoms with Crippen molar-refractivity contribution in [2.45, 2.75) is 12.5 Å². The molecule has 0 aliphatic carbocycles. The molecule has 0 amide bonds. The molecule has 1 aliphatic rings. The third-order valence-corrected chi connectivity index (χ3v) is 2.64. The summed E-state index contributed by atoms with van der Waals surface area (Å²) in [6.07, 6.45) is 1.13. The molecule has 2 heterocycles. The van der Waals surface area contributed by atoms with Crippen molar-refractivity contribution in [1.29, 1.82) is 0 Å². The minimum atomic E-state index is 0.105. The highest BCUT2D eigenvalue weighted by molar-refractivity contribution is 7.13. The van der Waals surface area contributed by atoms with Crippen LogP contribution in [0.3, 0.4) is 0 Å². The maximum absolute atomic E-state index is 8.97. The summed E-state index contributed by atoms with van der Waals surface area (Å²) in [6, 6.07) is 0.468. The first-order valence-corrected chi connectivity index (χ1v) is 4.84. The van der Waals surface area contributed by atoms with Gasteiger partial charge in [-0.15, -0.1) is 11.3 Å². The molecule has 1 atom stereocenters. The van der Waals surface area contributed by atoms with Crippen LogP contribution >= 0.6 is 11.3 Å². The Hall–Kier alpha value is -0.810. The van der Waals surface area contributed by atoms with Crippen LogP contribution in [0.2, 0.25) is 0 Å². The molecule has 1 saturated heterocycles. The smallest absolute Gasteiger partial charge is 0.223 e. The highest BCUT2D eigenvalue weighted by Gasteiger charge is 2.14. The number of hydrogen-bond donors (Lipinski definition) is 3. The van der Waals surface area contributed by atoms with Crippen molar-refractivity contribution in [2.24, 2.45) is 0 Å². The number of aromatic hydroxyl groups is 1. The van der Waals surface area contributed by atoms with Crippen LogP contribution in [0.25, 0.3) is 0 Å². The zero-order chi connectivity index (χ0) is 8.39. The predicted octanol–water partition coefficient (Wildman–Crippen LogP) is 0.622. The Morgan fingerprint density at radius 3 is 3.25 bits per heavy atom. The lowest BCUT2D eigenvalue weighted by Crippen LogP contribution is -2.21. The quantitative estimate of drug-likeness (QED) is 0.632. The summed E-state index contributed by atoms with van der Waals surface area (Å²) in [5.74, 6) is 0.105. The maximum atomic E-state index is 8.97. The van der Waals surface area contributed by atoms with Gasteiger partial charge in [0.1, 0.15) is 0 Å². The number of aromatic nitrogens is 1. The van der Waals surface area contributed by atoms with E-state index in [1.165, 1.54) is 11.3 Å². The molecule has 0 aromatic carbocycles. The van der Waals surface area contributed by atoms with E-state index in [0.29, 0.717) is 6.04 Å². The molecule has 66 valence electrons. The van der Waals surface area contributed by atoms with Crippen molar-refractivity contribution < 1.29 is 5.11 Å². The lowest BCUT2D eigenvalue weighted by molar-refractivity contribution is 0.457. The van der Waals surface area contributed by atoms with Gasteiger partial charge in [-0.2, -0.15) is 4.98 Å². The van der Waals surface area contributed by atoms with Crippen molar-refractivity contribution in [2.75, 3.05) is 18.4 Å². The van der Waals surface area contributed by atoms with Gasteiger partial charge in [0.05, 0.1) is 5.38 Å². The zero-order valence-electron chi connectivity index (χ0n) is 6.58. The van der Waals surface area contributed by atoms with Crippen molar-refractivity contribution in [1.82, 2.24) is 10.3 Å². The fraction of sp³-hybridized carbons (Fsp3) is 0.571. The topological polar surface area (TPSA) is 57.2 Å². The largest absolute Gasteiger partial charge is 0.493 e. The fourth-order valence-electron chi connectivity index (χ4n) is 1.28. The van der Waals surface area contributed by atoms with Gasteiger partial charge in [-0.3, -0.25) is 0 Å². The molecule has 0 spiro atoms. The molecule has 1 aromatic rings. The molecule has 0 bridgehead atoms. The van der Waals surface area contributed by atoms with E-state index >= 15 is 0 Å². The van der Waals surface area contributed by atoms with E-state index in [-0.39, 0.29) is 5.88 Å². The molecule has 4 nitrogen and oxygen atoms in total. The second-order valence-corrected chi connectivity index (χ2v) is 3.70. The number of anilines is 1. The van der Waals surface area contributed by atoms with E-state index in [0.717, 1.165) is 24.6 Å². The summed E-state index contributed by atoms with van der Waals surface area (Å²) in [4.78, 5) is 3.91. The molecule has 2 rings (SSSR count). The summed E-state index contributed by atoms with van der Waals surface area (Å²) in [5, 5.41) is 17.9. The minimum Gasteiger partial charge on any atom is -0.493 e. The van der Waals surface area contributed by atoms with E-state index in [1.807, 2.05) is 0 Å². The van der Waals surface area contributed by atoms with E-state index in [2.05, 4.69) is 15.6 Å². The minimum absolute atomic E-state index is 0.105. The second kappa shape index (κ2) is 3.28. The molecule has 0 saturated carbocycles. The van der Waals surface area contributed by atoms with Crippen LogP contribution in [0.4, 0.5) is 5.13 Å². The van der Waals surface area contributed by atoms with Gasteiger partial charge in [0.25, 0.3) is 0 Å². The first-order chi connectivity index (χ1) is 5.84. The standard InChI is InChI=1S/C7H11N3OS/c11-6-4-12-7(10-6)9-5-1-2-8-3-5/h4-5,8,11H,1-3H2,(H,9,10)/t5-/m0/s1. The van der Waals surface area contributed by atoms with Gasteiger partial charge in [0, 0.05) is 12.6 Å². The summed E-state index contributed by atoms with van der Waals surface area (Å²) >= 11 is 1.44. The molecule has 3 N–H and O–H groups in total. The maximum Gasteiger partial charge on any atom is 0.223 e. The van der Waals surface area contributed by atoms with Crippen LogP contribution in [0, 0.1) is 0 Å². The van der Waals surface area contributed by atoms with Gasteiger partial charge in [0.2, 0.25) is 5.88 Å². The molecule has 0 radical (unpaired) electrons. The van der Waals surface area contributed by atoms with Crippen LogP contribution in [-0.4, -0.2) is 29.2 Å². The number of nitrogens with zero attached hydrogens (tertiary/aromatic N) is 1. The molecule has 12 heavy (non-hydrogen) atoms. The van der Waals surface area contributed by atoms with Crippen LogP contribution in [-0.2, 0) is 0 Å². The van der Waals surface area contributed by atoms with Crippen LogP contribution < -0.4 is 10.6 Å². The summed E-state index contributed by atoms with van der Waals surface area (Å²) in [6.45, 7) is 2.05. The Labute approximate surface area is 74.6 Å². The molecule has 1 aliphatic heterocycles. The van der Waals surface area contributed by atoms with Gasteiger partial charge in [-0.05, 0) is 13.0 Å². The van der Waals surface area contributed by atoms with E-state index in [4.69, 9.17) is 5.11 Å². The highest BCUT2D eigenvalue weighted by Crippen LogP contribution is 2.20. The Bertz CT molecular complexity index is 257. The van der Waals surface area contributed by atoms with Gasteiger partial charge >= 0.3 is 0 Å². The van der Waals surface area contributed by atoms with Crippen molar-refractivity contribution >= 4 is 16.5 Å². The third kappa shape index (κ3) is 1.67. The SMILES string of the molecule is Oc1csc(N[C@H]2CCNC2)n1. The Kier molecular flexibility index (Phi) is 2.14. The van der Waals surface area contributed by atoms with Crippen molar-refractivity contribution in [3.05, 3.63) is 5.38 Å². The molecule has 1 aromatic heterocycles.